The molecule has 1 amide bonds. The van der Waals surface area contributed by atoms with Crippen LogP contribution >= 0.6 is 0 Å². The molecule has 2 fully saturated rings. The van der Waals surface area contributed by atoms with Crippen LogP contribution in [-0.4, -0.2) is 43.8 Å². The monoisotopic (exact) mass is 269 g/mol. The first kappa shape index (κ1) is 14.8. The lowest BCUT2D eigenvalue weighted by atomic mass is 9.85. The largest absolute Gasteiger partial charge is 0.379 e. The van der Waals surface area contributed by atoms with Gasteiger partial charge in [-0.2, -0.15) is 0 Å². The normalized spacial score (nSPS) is 33.8. The third-order valence-electron chi connectivity index (χ3n) is 4.29. The summed E-state index contributed by atoms with van der Waals surface area (Å²) >= 11 is 0. The van der Waals surface area contributed by atoms with Crippen LogP contribution in [0.3, 0.4) is 0 Å². The number of rotatable bonds is 5. The van der Waals surface area contributed by atoms with Gasteiger partial charge in [0.2, 0.25) is 5.91 Å². The lowest BCUT2D eigenvalue weighted by molar-refractivity contribution is -0.122. The molecule has 2 rings (SSSR count). The predicted octanol–water partition coefficient (Wildman–Crippen LogP) is 0.387. The van der Waals surface area contributed by atoms with Crippen molar-refractivity contribution in [3.63, 3.8) is 0 Å². The summed E-state index contributed by atoms with van der Waals surface area (Å²) in [4.78, 5) is 11.1. The Morgan fingerprint density at radius 2 is 2.16 bits per heavy atom. The van der Waals surface area contributed by atoms with Gasteiger partial charge in [0.25, 0.3) is 0 Å². The van der Waals surface area contributed by atoms with E-state index in [0.29, 0.717) is 18.1 Å². The first-order valence-corrected chi connectivity index (χ1v) is 7.51. The van der Waals surface area contributed by atoms with Gasteiger partial charge in [-0.3, -0.25) is 4.79 Å². The molecule has 0 spiro atoms. The van der Waals surface area contributed by atoms with Crippen LogP contribution in [0.15, 0.2) is 0 Å². The molecule has 19 heavy (non-hydrogen) atoms. The number of morpholine rings is 1. The molecule has 5 nitrogen and oxygen atoms in total. The van der Waals surface area contributed by atoms with Crippen LogP contribution in [0.25, 0.3) is 0 Å². The summed E-state index contributed by atoms with van der Waals surface area (Å²) in [5.74, 6) is -0.0307. The third-order valence-corrected chi connectivity index (χ3v) is 4.29. The Kier molecular flexibility index (Phi) is 5.60. The Balaban J connectivity index is 1.65. The number of carbonyl (C=O) groups excluding carboxylic acids is 1. The summed E-state index contributed by atoms with van der Waals surface area (Å²) in [6, 6.07) is 1.49. The predicted molar refractivity (Wildman–Crippen MR) is 74.8 cm³/mol. The molecule has 1 saturated carbocycles. The molecule has 2 unspecified atom stereocenters. The Morgan fingerprint density at radius 3 is 2.74 bits per heavy atom. The van der Waals surface area contributed by atoms with Crippen LogP contribution in [0, 0.1) is 5.92 Å². The van der Waals surface area contributed by atoms with Gasteiger partial charge in [-0.15, -0.1) is 0 Å². The van der Waals surface area contributed by atoms with Crippen molar-refractivity contribution in [1.29, 1.82) is 0 Å². The fourth-order valence-corrected chi connectivity index (χ4v) is 3.21. The highest BCUT2D eigenvalue weighted by Gasteiger charge is 2.26. The quantitative estimate of drug-likeness (QED) is 0.675. The van der Waals surface area contributed by atoms with Gasteiger partial charge >= 0.3 is 0 Å². The van der Waals surface area contributed by atoms with E-state index in [0.717, 1.165) is 51.9 Å². The van der Waals surface area contributed by atoms with E-state index in [2.05, 4.69) is 17.6 Å². The Hall–Kier alpha value is -0.650. The SMILES string of the molecule is CC(CC1COCCN1)NC1CCC(C(N)=O)CC1. The number of hydrogen-bond acceptors (Lipinski definition) is 4. The van der Waals surface area contributed by atoms with Gasteiger partial charge in [-0.05, 0) is 39.0 Å². The molecule has 1 aliphatic heterocycles. The smallest absolute Gasteiger partial charge is 0.220 e. The molecule has 0 radical (unpaired) electrons. The fourth-order valence-electron chi connectivity index (χ4n) is 3.21. The molecule has 110 valence electrons. The van der Waals surface area contributed by atoms with E-state index >= 15 is 0 Å². The van der Waals surface area contributed by atoms with E-state index in [1.54, 1.807) is 0 Å². The van der Waals surface area contributed by atoms with Crippen molar-refractivity contribution in [3.05, 3.63) is 0 Å². The van der Waals surface area contributed by atoms with E-state index < -0.39 is 0 Å². The van der Waals surface area contributed by atoms with Crippen molar-refractivity contribution in [2.45, 2.75) is 57.2 Å². The second kappa shape index (κ2) is 7.22. The molecular formula is C14H27N3O2. The first-order valence-electron chi connectivity index (χ1n) is 7.51. The Morgan fingerprint density at radius 1 is 1.42 bits per heavy atom. The van der Waals surface area contributed by atoms with E-state index in [-0.39, 0.29) is 11.8 Å². The maximum atomic E-state index is 11.1. The zero-order valence-corrected chi connectivity index (χ0v) is 11.9. The van der Waals surface area contributed by atoms with E-state index in [1.807, 2.05) is 0 Å². The number of ether oxygens (including phenoxy) is 1. The fraction of sp³-hybridized carbons (Fsp3) is 0.929. The molecule has 1 aliphatic carbocycles. The first-order chi connectivity index (χ1) is 9.15. The minimum atomic E-state index is -0.130. The molecule has 5 heteroatoms. The van der Waals surface area contributed by atoms with E-state index in [9.17, 15) is 4.79 Å². The van der Waals surface area contributed by atoms with Gasteiger partial charge in [0.05, 0.1) is 13.2 Å². The summed E-state index contributed by atoms with van der Waals surface area (Å²) in [6.45, 7) is 4.84. The third kappa shape index (κ3) is 4.75. The lowest BCUT2D eigenvalue weighted by Crippen LogP contribution is -2.47. The number of primary amides is 1. The van der Waals surface area contributed by atoms with Crippen molar-refractivity contribution in [1.82, 2.24) is 10.6 Å². The Bertz CT molecular complexity index is 284. The topological polar surface area (TPSA) is 76.4 Å². The van der Waals surface area contributed by atoms with Crippen LogP contribution in [0.4, 0.5) is 0 Å². The molecule has 1 heterocycles. The Labute approximate surface area is 115 Å². The molecule has 4 N–H and O–H groups in total. The molecule has 2 atom stereocenters. The van der Waals surface area contributed by atoms with Crippen LogP contribution in [0.1, 0.15) is 39.0 Å². The average molecular weight is 269 g/mol. The van der Waals surface area contributed by atoms with Gasteiger partial charge in [-0.25, -0.2) is 0 Å². The number of hydrogen-bond donors (Lipinski definition) is 3. The highest BCUT2D eigenvalue weighted by molar-refractivity contribution is 5.76. The number of nitrogens with two attached hydrogens (primary N) is 1. The van der Waals surface area contributed by atoms with Crippen molar-refractivity contribution in [2.75, 3.05) is 19.8 Å². The summed E-state index contributed by atoms with van der Waals surface area (Å²) in [6.07, 6.45) is 5.09. The molecule has 1 saturated heterocycles. The lowest BCUT2D eigenvalue weighted by Gasteiger charge is -2.32. The molecule has 0 aromatic heterocycles. The minimum absolute atomic E-state index is 0.0989. The van der Waals surface area contributed by atoms with E-state index in [1.165, 1.54) is 0 Å². The van der Waals surface area contributed by atoms with Crippen molar-refractivity contribution in [3.8, 4) is 0 Å². The standard InChI is InChI=1S/C14H27N3O2/c1-10(8-13-9-19-7-6-16-13)17-12-4-2-11(3-5-12)14(15)18/h10-13,16-17H,2-9H2,1H3,(H2,15,18). The molecule has 0 aromatic carbocycles. The summed E-state index contributed by atoms with van der Waals surface area (Å²) < 4.78 is 5.47. The van der Waals surface area contributed by atoms with Crippen molar-refractivity contribution < 1.29 is 9.53 Å². The highest BCUT2D eigenvalue weighted by Crippen LogP contribution is 2.24. The second-order valence-corrected chi connectivity index (χ2v) is 5.98. The molecule has 0 aromatic rings. The second-order valence-electron chi connectivity index (χ2n) is 5.98. The van der Waals surface area contributed by atoms with Gasteiger partial charge < -0.3 is 21.1 Å². The van der Waals surface area contributed by atoms with E-state index in [4.69, 9.17) is 10.5 Å². The summed E-state index contributed by atoms with van der Waals surface area (Å²) in [7, 11) is 0. The van der Waals surface area contributed by atoms with Gasteiger partial charge in [0, 0.05) is 30.6 Å². The average Bonchev–Trinajstić information content (AvgIpc) is 2.40. The maximum Gasteiger partial charge on any atom is 0.220 e. The van der Waals surface area contributed by atoms with Crippen LogP contribution in [0.5, 0.6) is 0 Å². The minimum Gasteiger partial charge on any atom is -0.379 e. The van der Waals surface area contributed by atoms with Gasteiger partial charge in [0.1, 0.15) is 0 Å². The molecule has 2 aliphatic rings. The molecule has 0 bridgehead atoms. The van der Waals surface area contributed by atoms with Gasteiger partial charge in [0.15, 0.2) is 0 Å². The number of carbonyl (C=O) groups is 1. The highest BCUT2D eigenvalue weighted by atomic mass is 16.5. The number of amides is 1. The van der Waals surface area contributed by atoms with Crippen molar-refractivity contribution in [2.24, 2.45) is 11.7 Å². The zero-order valence-electron chi connectivity index (χ0n) is 11.9. The van der Waals surface area contributed by atoms with Crippen LogP contribution in [0.2, 0.25) is 0 Å². The summed E-state index contributed by atoms with van der Waals surface area (Å²) in [5.41, 5.74) is 5.36. The maximum absolute atomic E-state index is 11.1. The van der Waals surface area contributed by atoms with Crippen LogP contribution < -0.4 is 16.4 Å². The number of nitrogens with one attached hydrogen (secondary N) is 2. The summed E-state index contributed by atoms with van der Waals surface area (Å²) in [5, 5.41) is 7.16. The van der Waals surface area contributed by atoms with Crippen molar-refractivity contribution >= 4 is 5.91 Å². The van der Waals surface area contributed by atoms with Crippen LogP contribution in [-0.2, 0) is 9.53 Å². The molecular weight excluding hydrogens is 242 g/mol. The zero-order chi connectivity index (χ0) is 13.7. The van der Waals surface area contributed by atoms with Gasteiger partial charge in [-0.1, -0.05) is 0 Å².